The number of nitrogens with zero attached hydrogens (tertiary/aromatic N) is 2. The van der Waals surface area contributed by atoms with Gasteiger partial charge in [-0.1, -0.05) is 53.7 Å². The van der Waals surface area contributed by atoms with Gasteiger partial charge in [-0.2, -0.15) is 0 Å². The number of phenolic OH excluding ortho intramolecular Hbond substituents is 1. The number of rotatable bonds is 19. The topological polar surface area (TPSA) is 278 Å². The van der Waals surface area contributed by atoms with E-state index in [1.807, 2.05) is 0 Å². The second kappa shape index (κ2) is 20.2. The molecule has 18 nitrogen and oxygen atoms in total. The van der Waals surface area contributed by atoms with Crippen molar-refractivity contribution in [3.63, 3.8) is 0 Å². The van der Waals surface area contributed by atoms with Crippen molar-refractivity contribution < 1.29 is 43.8 Å². The first-order valence-electron chi connectivity index (χ1n) is 18.4. The number of aromatic amines is 1. The first kappa shape index (κ1) is 43.9. The Morgan fingerprint density at radius 1 is 0.800 bits per heavy atom. The molecule has 0 radical (unpaired) electrons. The van der Waals surface area contributed by atoms with Crippen LogP contribution in [0.1, 0.15) is 65.6 Å². The lowest BCUT2D eigenvalue weighted by Gasteiger charge is -2.31. The van der Waals surface area contributed by atoms with Crippen LogP contribution in [-0.4, -0.2) is 116 Å². The predicted octanol–water partition coefficient (Wildman–Crippen LogP) is -0.673. The number of imidazole rings is 1. The van der Waals surface area contributed by atoms with Gasteiger partial charge in [-0.3, -0.25) is 28.8 Å². The minimum absolute atomic E-state index is 0.00479. The molecule has 0 spiro atoms. The van der Waals surface area contributed by atoms with E-state index in [9.17, 15) is 43.8 Å². The fourth-order valence-electron chi connectivity index (χ4n) is 6.24. The Morgan fingerprint density at radius 2 is 1.38 bits per heavy atom. The number of hydrogen-bond acceptors (Lipinski definition) is 10. The predicted molar refractivity (Wildman–Crippen MR) is 200 cm³/mol. The maximum absolute atomic E-state index is 14.2. The number of hydrogen-bond donors (Lipinski definition) is 9. The van der Waals surface area contributed by atoms with Gasteiger partial charge >= 0.3 is 5.97 Å². The molecule has 1 aromatic carbocycles. The van der Waals surface area contributed by atoms with E-state index in [-0.39, 0.29) is 37.6 Å². The normalized spacial score (nSPS) is 16.8. The summed E-state index contributed by atoms with van der Waals surface area (Å²) < 4.78 is 0. The number of aromatic nitrogens is 2. The summed E-state index contributed by atoms with van der Waals surface area (Å²) in [6.45, 7) is 9.97. The van der Waals surface area contributed by atoms with Gasteiger partial charge in [0.2, 0.25) is 35.4 Å². The monoisotopic (exact) mass is 769 g/mol. The lowest BCUT2D eigenvalue weighted by atomic mass is 9.98. The number of phenols is 1. The molecule has 6 atom stereocenters. The van der Waals surface area contributed by atoms with Crippen LogP contribution in [0.25, 0.3) is 0 Å². The van der Waals surface area contributed by atoms with Crippen molar-refractivity contribution in [3.05, 3.63) is 48.0 Å². The molecular formula is C37H55N9O9. The number of carboxylic acids is 1. The Morgan fingerprint density at radius 3 is 1.91 bits per heavy atom. The van der Waals surface area contributed by atoms with Crippen molar-refractivity contribution in [1.82, 2.24) is 41.5 Å². The first-order chi connectivity index (χ1) is 25.9. The fraction of sp³-hybridized carbons (Fsp3) is 0.568. The van der Waals surface area contributed by atoms with E-state index in [1.165, 1.54) is 29.6 Å². The Bertz CT molecular complexity index is 1650. The van der Waals surface area contributed by atoms with Gasteiger partial charge in [0.05, 0.1) is 12.9 Å². The second-order valence-electron chi connectivity index (χ2n) is 14.8. The minimum atomic E-state index is -1.24. The highest BCUT2D eigenvalue weighted by atomic mass is 16.4. The molecule has 1 saturated heterocycles. The van der Waals surface area contributed by atoms with Crippen LogP contribution in [-0.2, 0) is 46.4 Å². The van der Waals surface area contributed by atoms with Gasteiger partial charge in [-0.15, -0.1) is 0 Å². The maximum Gasteiger partial charge on any atom is 0.326 e. The Hall–Kier alpha value is -5.52. The summed E-state index contributed by atoms with van der Waals surface area (Å²) in [5, 5.41) is 32.7. The number of likely N-dealkylation sites (tertiary alicyclic amines) is 1. The van der Waals surface area contributed by atoms with Gasteiger partial charge in [0, 0.05) is 31.3 Å². The second-order valence-corrected chi connectivity index (χ2v) is 14.8. The van der Waals surface area contributed by atoms with Crippen LogP contribution in [0.5, 0.6) is 5.75 Å². The van der Waals surface area contributed by atoms with E-state index < -0.39 is 89.5 Å². The largest absolute Gasteiger partial charge is 0.508 e. The van der Waals surface area contributed by atoms with Crippen molar-refractivity contribution in [1.29, 1.82) is 0 Å². The van der Waals surface area contributed by atoms with E-state index >= 15 is 0 Å². The van der Waals surface area contributed by atoms with Gasteiger partial charge in [-0.05, 0) is 48.3 Å². The molecule has 0 saturated carbocycles. The molecule has 0 bridgehead atoms. The Labute approximate surface area is 320 Å². The summed E-state index contributed by atoms with van der Waals surface area (Å²) in [7, 11) is 0. The molecule has 3 rings (SSSR count). The highest BCUT2D eigenvalue weighted by Crippen LogP contribution is 2.21. The molecule has 1 aliphatic heterocycles. The van der Waals surface area contributed by atoms with Gasteiger partial charge in [0.25, 0.3) is 0 Å². The number of carboxylic acid groups (broad SMARTS) is 1. The Kier molecular flexibility index (Phi) is 16.1. The molecule has 0 aliphatic carbocycles. The zero-order valence-electron chi connectivity index (χ0n) is 32.1. The molecule has 18 heteroatoms. The molecule has 55 heavy (non-hydrogen) atoms. The van der Waals surface area contributed by atoms with Crippen LogP contribution in [0.3, 0.4) is 0 Å². The molecule has 1 aromatic heterocycles. The molecular weight excluding hydrogens is 714 g/mol. The number of H-pyrrole nitrogens is 1. The average molecular weight is 770 g/mol. The molecule has 1 aliphatic rings. The molecule has 6 amide bonds. The van der Waals surface area contributed by atoms with Crippen molar-refractivity contribution in [3.8, 4) is 5.75 Å². The number of benzene rings is 1. The van der Waals surface area contributed by atoms with Crippen molar-refractivity contribution in [2.75, 3.05) is 13.1 Å². The summed E-state index contributed by atoms with van der Waals surface area (Å²) in [6, 6.07) is -0.820. The third-order valence-corrected chi connectivity index (χ3v) is 9.37. The summed E-state index contributed by atoms with van der Waals surface area (Å²) in [6.07, 6.45) is 3.58. The summed E-state index contributed by atoms with van der Waals surface area (Å²) in [5.41, 5.74) is 6.53. The van der Waals surface area contributed by atoms with Crippen molar-refractivity contribution >= 4 is 41.4 Å². The fourth-order valence-corrected chi connectivity index (χ4v) is 6.24. The number of nitrogens with two attached hydrogens (primary N) is 1. The molecule has 10 N–H and O–H groups in total. The molecule has 2 heterocycles. The third-order valence-electron chi connectivity index (χ3n) is 9.37. The van der Waals surface area contributed by atoms with E-state index in [1.54, 1.807) is 53.7 Å². The minimum Gasteiger partial charge on any atom is -0.508 e. The van der Waals surface area contributed by atoms with Gasteiger partial charge < -0.3 is 52.4 Å². The molecule has 1 fully saturated rings. The van der Waals surface area contributed by atoms with Crippen LogP contribution in [0.15, 0.2) is 36.8 Å². The van der Waals surface area contributed by atoms with Crippen LogP contribution < -0.4 is 32.3 Å². The highest BCUT2D eigenvalue weighted by Gasteiger charge is 2.40. The van der Waals surface area contributed by atoms with E-state index in [2.05, 4.69) is 36.6 Å². The van der Waals surface area contributed by atoms with Crippen LogP contribution in [0.2, 0.25) is 0 Å². The maximum atomic E-state index is 14.2. The van der Waals surface area contributed by atoms with Crippen molar-refractivity contribution in [2.24, 2.45) is 23.5 Å². The number of aromatic hydroxyl groups is 1. The average Bonchev–Trinajstić information content (AvgIpc) is 3.84. The van der Waals surface area contributed by atoms with Gasteiger partial charge in [0.15, 0.2) is 0 Å². The lowest BCUT2D eigenvalue weighted by molar-refractivity contribution is -0.146. The molecule has 2 aromatic rings. The highest BCUT2D eigenvalue weighted by molar-refractivity contribution is 5.97. The Balaban J connectivity index is 1.87. The first-order valence-corrected chi connectivity index (χ1v) is 18.4. The van der Waals surface area contributed by atoms with Crippen molar-refractivity contribution in [2.45, 2.75) is 103 Å². The summed E-state index contributed by atoms with van der Waals surface area (Å²) in [4.78, 5) is 101. The number of aliphatic carboxylic acids is 1. The number of carbonyl (C=O) groups excluding carboxylic acids is 6. The lowest BCUT2D eigenvalue weighted by Crippen LogP contribution is -2.61. The van der Waals surface area contributed by atoms with Gasteiger partial charge in [0.1, 0.15) is 42.0 Å². The molecule has 302 valence electrons. The quantitative estimate of drug-likeness (QED) is 0.0864. The summed E-state index contributed by atoms with van der Waals surface area (Å²) >= 11 is 0. The number of amides is 6. The van der Waals surface area contributed by atoms with Crippen LogP contribution in [0, 0.1) is 17.8 Å². The molecule has 6 unspecified atom stereocenters. The van der Waals surface area contributed by atoms with E-state index in [0.29, 0.717) is 24.1 Å². The summed E-state index contributed by atoms with van der Waals surface area (Å²) in [5.74, 6) is -6.36. The number of nitrogens with one attached hydrogen (secondary N) is 6. The zero-order chi connectivity index (χ0) is 41.0. The zero-order valence-corrected chi connectivity index (χ0v) is 32.1. The van der Waals surface area contributed by atoms with E-state index in [4.69, 9.17) is 5.73 Å². The smallest absolute Gasteiger partial charge is 0.326 e. The van der Waals surface area contributed by atoms with Crippen LogP contribution in [0.4, 0.5) is 0 Å². The van der Waals surface area contributed by atoms with Crippen LogP contribution >= 0.6 is 0 Å². The number of carbonyl (C=O) groups is 7. The third kappa shape index (κ3) is 12.5. The van der Waals surface area contributed by atoms with E-state index in [0.717, 1.165) is 0 Å². The standard InChI is InChI=1S/C37H55N9O9/c1-19(2)29(43-28(48)16-38)34(51)41-25(14-22-9-11-24(47)12-10-22)32(49)44-30(20(3)4)35(52)42-26(15-23-17-39-18-40-23)36(53)46-13-7-8-27(46)33(50)45-31(21(5)6)37(54)55/h9-12,17-21,25-27,29-31,47H,7-8,13-16,38H2,1-6H3,(H,39,40)(H,41,51)(H,42,52)(H,43,48)(H,44,49)(H,45,50)(H,54,55). The SMILES string of the molecule is CC(C)C(NC(=O)C1CCCN1C(=O)C(Cc1cnc[nH]1)NC(=O)C(NC(=O)C(Cc1ccc(O)cc1)NC(=O)C(NC(=O)CN)C(C)C)C(C)C)C(=O)O. The van der Waals surface area contributed by atoms with Gasteiger partial charge in [-0.25, -0.2) is 9.78 Å².